The van der Waals surface area contributed by atoms with E-state index >= 15 is 0 Å². The van der Waals surface area contributed by atoms with E-state index in [-0.39, 0.29) is 5.54 Å². The van der Waals surface area contributed by atoms with E-state index in [2.05, 4.69) is 10.2 Å². The van der Waals surface area contributed by atoms with Crippen molar-refractivity contribution in [3.63, 3.8) is 0 Å². The Morgan fingerprint density at radius 1 is 1.44 bits per heavy atom. The molecule has 1 aromatic rings. The molecule has 0 aliphatic heterocycles. The van der Waals surface area contributed by atoms with Gasteiger partial charge in [-0.1, -0.05) is 0 Å². The van der Waals surface area contributed by atoms with Crippen molar-refractivity contribution in [2.24, 2.45) is 0 Å². The minimum absolute atomic E-state index is 0.293. The van der Waals surface area contributed by atoms with Gasteiger partial charge in [0.15, 0.2) is 14.6 Å². The second-order valence-corrected chi connectivity index (χ2v) is 7.62. The smallest absolute Gasteiger partial charge is 0.195 e. The summed E-state index contributed by atoms with van der Waals surface area (Å²) in [5.74, 6) is 0.458. The van der Waals surface area contributed by atoms with E-state index in [1.54, 1.807) is 11.5 Å². The van der Waals surface area contributed by atoms with Crippen LogP contribution in [0.2, 0.25) is 0 Å². The summed E-state index contributed by atoms with van der Waals surface area (Å²) in [6.07, 6.45) is 1.20. The minimum atomic E-state index is -3.17. The summed E-state index contributed by atoms with van der Waals surface area (Å²) >= 11 is 5.11. The summed E-state index contributed by atoms with van der Waals surface area (Å²) in [5.41, 5.74) is -0.293. The van der Waals surface area contributed by atoms with Crippen LogP contribution in [0.15, 0.2) is 0 Å². The summed E-state index contributed by atoms with van der Waals surface area (Å²) in [4.78, 5) is 0. The molecular formula is C9H17N3O2S2. The molecule has 0 fully saturated rings. The Hall–Kier alpha value is -0.690. The number of aromatic amines is 1. The van der Waals surface area contributed by atoms with Crippen LogP contribution in [0.4, 0.5) is 0 Å². The Kier molecular flexibility index (Phi) is 3.31. The normalized spacial score (nSPS) is 15.1. The zero-order valence-corrected chi connectivity index (χ0v) is 11.7. The maximum absolute atomic E-state index is 11.5. The van der Waals surface area contributed by atoms with Gasteiger partial charge in [-0.05, 0) is 39.9 Å². The maximum atomic E-state index is 11.5. The minimum Gasteiger partial charge on any atom is -0.298 e. The molecule has 0 saturated carbocycles. The van der Waals surface area contributed by atoms with Gasteiger partial charge in [0.2, 0.25) is 0 Å². The third-order valence-corrected chi connectivity index (χ3v) is 4.14. The Morgan fingerprint density at radius 3 is 2.31 bits per heavy atom. The number of sulfone groups is 1. The van der Waals surface area contributed by atoms with Gasteiger partial charge in [-0.3, -0.25) is 9.67 Å². The van der Waals surface area contributed by atoms with Crippen LogP contribution in [-0.4, -0.2) is 29.4 Å². The lowest BCUT2D eigenvalue weighted by molar-refractivity contribution is 0.377. The molecule has 0 aliphatic rings. The van der Waals surface area contributed by atoms with Crippen LogP contribution < -0.4 is 0 Å². The molecule has 5 nitrogen and oxygen atoms in total. The van der Waals surface area contributed by atoms with Gasteiger partial charge in [-0.15, -0.1) is 0 Å². The van der Waals surface area contributed by atoms with Gasteiger partial charge in [-0.2, -0.15) is 5.10 Å². The molecule has 0 radical (unpaired) electrons. The number of hydrogen-bond donors (Lipinski definition) is 1. The molecule has 92 valence electrons. The van der Waals surface area contributed by atoms with Crippen molar-refractivity contribution >= 4 is 22.1 Å². The third-order valence-electron chi connectivity index (χ3n) is 2.37. The van der Waals surface area contributed by atoms with Gasteiger partial charge in [0.1, 0.15) is 11.1 Å². The predicted octanol–water partition coefficient (Wildman–Crippen LogP) is 1.80. The van der Waals surface area contributed by atoms with Crippen molar-refractivity contribution in [3.8, 4) is 0 Å². The summed E-state index contributed by atoms with van der Waals surface area (Å²) in [5, 5.41) is 6.00. The van der Waals surface area contributed by atoms with E-state index in [4.69, 9.17) is 12.2 Å². The summed E-state index contributed by atoms with van der Waals surface area (Å²) in [6, 6.07) is 0. The van der Waals surface area contributed by atoms with E-state index in [1.807, 2.05) is 20.8 Å². The van der Waals surface area contributed by atoms with E-state index in [0.29, 0.717) is 10.6 Å². The number of nitrogens with zero attached hydrogens (tertiary/aromatic N) is 2. The first-order valence-electron chi connectivity index (χ1n) is 4.92. The monoisotopic (exact) mass is 263 g/mol. The van der Waals surface area contributed by atoms with E-state index < -0.39 is 15.1 Å². The lowest BCUT2D eigenvalue weighted by Gasteiger charge is -2.24. The highest BCUT2D eigenvalue weighted by Crippen LogP contribution is 2.24. The van der Waals surface area contributed by atoms with Crippen molar-refractivity contribution in [1.29, 1.82) is 0 Å². The highest BCUT2D eigenvalue weighted by molar-refractivity contribution is 7.90. The van der Waals surface area contributed by atoms with Crippen molar-refractivity contribution in [1.82, 2.24) is 14.8 Å². The van der Waals surface area contributed by atoms with Crippen LogP contribution in [-0.2, 0) is 15.4 Å². The molecule has 7 heteroatoms. The molecule has 0 amide bonds. The molecule has 1 aromatic heterocycles. The van der Waals surface area contributed by atoms with Gasteiger partial charge in [-0.25, -0.2) is 8.42 Å². The fourth-order valence-corrected chi connectivity index (χ4v) is 2.38. The van der Waals surface area contributed by atoms with Crippen molar-refractivity contribution in [3.05, 3.63) is 10.6 Å². The molecule has 0 spiro atoms. The molecule has 1 atom stereocenters. The standard InChI is InChI=1S/C9H17N3O2S2/c1-6(16(5,13)14)7-10-11-8(15)12(7)9(2,3)4/h6H,1-5H3,(H,11,15). The molecule has 0 aliphatic carbocycles. The molecule has 0 bridgehead atoms. The SMILES string of the molecule is CC(c1n[nH]c(=S)n1C(C)(C)C)S(C)(=O)=O. The average Bonchev–Trinajstić information content (AvgIpc) is 2.42. The molecule has 1 unspecified atom stereocenters. The molecule has 1 rings (SSSR count). The second-order valence-electron chi connectivity index (χ2n) is 4.86. The fourth-order valence-electron chi connectivity index (χ4n) is 1.42. The largest absolute Gasteiger partial charge is 0.298 e. The first kappa shape index (κ1) is 13.4. The zero-order chi connectivity index (χ0) is 12.7. The van der Waals surface area contributed by atoms with Crippen molar-refractivity contribution in [2.45, 2.75) is 38.5 Å². The number of aromatic nitrogens is 3. The zero-order valence-electron chi connectivity index (χ0n) is 10.1. The molecular weight excluding hydrogens is 246 g/mol. The Bertz CT molecular complexity index is 534. The topological polar surface area (TPSA) is 67.8 Å². The first-order chi connectivity index (χ1) is 7.05. The van der Waals surface area contributed by atoms with Crippen LogP contribution in [0.1, 0.15) is 38.8 Å². The van der Waals surface area contributed by atoms with Crippen LogP contribution in [0.3, 0.4) is 0 Å². The van der Waals surface area contributed by atoms with Crippen LogP contribution >= 0.6 is 12.2 Å². The summed E-state index contributed by atoms with van der Waals surface area (Å²) in [6.45, 7) is 7.48. The van der Waals surface area contributed by atoms with Crippen LogP contribution in [0.25, 0.3) is 0 Å². The van der Waals surface area contributed by atoms with Crippen LogP contribution in [0, 0.1) is 4.77 Å². The Labute approximate surface area is 101 Å². The fraction of sp³-hybridized carbons (Fsp3) is 0.778. The summed E-state index contributed by atoms with van der Waals surface area (Å²) < 4.78 is 25.2. The third kappa shape index (κ3) is 2.52. The Morgan fingerprint density at radius 2 is 1.94 bits per heavy atom. The lowest BCUT2D eigenvalue weighted by atomic mass is 10.1. The lowest BCUT2D eigenvalue weighted by Crippen LogP contribution is -2.26. The van der Waals surface area contributed by atoms with Gasteiger partial charge in [0, 0.05) is 11.8 Å². The first-order valence-corrected chi connectivity index (χ1v) is 7.28. The molecule has 1 N–H and O–H groups in total. The van der Waals surface area contributed by atoms with Gasteiger partial charge < -0.3 is 0 Å². The van der Waals surface area contributed by atoms with Gasteiger partial charge in [0.05, 0.1) is 0 Å². The molecule has 0 aromatic carbocycles. The highest BCUT2D eigenvalue weighted by Gasteiger charge is 2.28. The van der Waals surface area contributed by atoms with E-state index in [1.165, 1.54) is 6.26 Å². The average molecular weight is 263 g/mol. The van der Waals surface area contributed by atoms with E-state index in [9.17, 15) is 8.42 Å². The molecule has 1 heterocycles. The van der Waals surface area contributed by atoms with Gasteiger partial charge in [0.25, 0.3) is 0 Å². The quantitative estimate of drug-likeness (QED) is 0.826. The number of H-pyrrole nitrogens is 1. The van der Waals surface area contributed by atoms with Gasteiger partial charge >= 0.3 is 0 Å². The number of hydrogen-bond acceptors (Lipinski definition) is 4. The van der Waals surface area contributed by atoms with E-state index in [0.717, 1.165) is 0 Å². The number of rotatable bonds is 2. The highest BCUT2D eigenvalue weighted by atomic mass is 32.2. The summed E-state index contributed by atoms with van der Waals surface area (Å²) in [7, 11) is -3.17. The van der Waals surface area contributed by atoms with Crippen molar-refractivity contribution < 1.29 is 8.42 Å². The molecule has 0 saturated heterocycles. The van der Waals surface area contributed by atoms with Crippen molar-refractivity contribution in [2.75, 3.05) is 6.26 Å². The maximum Gasteiger partial charge on any atom is 0.195 e. The molecule has 16 heavy (non-hydrogen) atoms. The number of nitrogens with one attached hydrogen (secondary N) is 1. The Balaban J connectivity index is 3.44. The van der Waals surface area contributed by atoms with Crippen LogP contribution in [0.5, 0.6) is 0 Å². The second kappa shape index (κ2) is 3.96. The predicted molar refractivity (Wildman–Crippen MR) is 65.7 cm³/mol.